The fourth-order valence-electron chi connectivity index (χ4n) is 1.54. The minimum absolute atomic E-state index is 0.205. The Bertz CT molecular complexity index is 548. The molecule has 0 fully saturated rings. The van der Waals surface area contributed by atoms with E-state index in [1.807, 2.05) is 6.92 Å². The minimum atomic E-state index is -0.888. The summed E-state index contributed by atoms with van der Waals surface area (Å²) >= 11 is 0. The first-order chi connectivity index (χ1) is 8.88. The molecule has 19 heavy (non-hydrogen) atoms. The van der Waals surface area contributed by atoms with Gasteiger partial charge in [-0.25, -0.2) is 14.1 Å². The topological polar surface area (TPSA) is 63.0 Å². The number of hydrogen-bond donors (Lipinski definition) is 2. The molecule has 1 aromatic heterocycles. The Morgan fingerprint density at radius 1 is 1.42 bits per heavy atom. The van der Waals surface area contributed by atoms with Gasteiger partial charge in [0.15, 0.2) is 5.82 Å². The summed E-state index contributed by atoms with van der Waals surface area (Å²) in [4.78, 5) is 3.78. The molecule has 6 heteroatoms. The van der Waals surface area contributed by atoms with Crippen LogP contribution in [0.3, 0.4) is 0 Å². The number of benzene rings is 1. The van der Waals surface area contributed by atoms with Crippen molar-refractivity contribution in [1.82, 2.24) is 14.8 Å². The molecule has 2 N–H and O–H groups in total. The summed E-state index contributed by atoms with van der Waals surface area (Å²) in [6.45, 7) is 5.23. The van der Waals surface area contributed by atoms with Gasteiger partial charge in [-0.3, -0.25) is 0 Å². The van der Waals surface area contributed by atoms with Gasteiger partial charge in [0.25, 0.3) is 0 Å². The van der Waals surface area contributed by atoms with Crippen LogP contribution >= 0.6 is 0 Å². The summed E-state index contributed by atoms with van der Waals surface area (Å²) in [6, 6.07) is 4.52. The molecule has 5 nitrogen and oxygen atoms in total. The van der Waals surface area contributed by atoms with E-state index < -0.39 is 11.4 Å². The van der Waals surface area contributed by atoms with Crippen LogP contribution in [0.5, 0.6) is 0 Å². The van der Waals surface area contributed by atoms with Gasteiger partial charge in [-0.05, 0) is 39.0 Å². The number of nitrogens with zero attached hydrogens (tertiary/aromatic N) is 3. The molecule has 0 aliphatic carbocycles. The first-order valence-corrected chi connectivity index (χ1v) is 6.01. The van der Waals surface area contributed by atoms with E-state index in [9.17, 15) is 9.50 Å². The van der Waals surface area contributed by atoms with Crippen LogP contribution in [-0.4, -0.2) is 31.5 Å². The number of rotatable bonds is 4. The molecule has 0 saturated heterocycles. The van der Waals surface area contributed by atoms with E-state index >= 15 is 0 Å². The molecule has 2 aromatic rings. The molecule has 1 aromatic carbocycles. The Balaban J connectivity index is 2.20. The SMILES string of the molecule is CC(Nc1ccc(-n2cncn2)c(F)c1)C(C)(C)O. The third-order valence-electron chi connectivity index (χ3n) is 3.06. The van der Waals surface area contributed by atoms with Crippen LogP contribution in [0.15, 0.2) is 30.9 Å². The van der Waals surface area contributed by atoms with Gasteiger partial charge in [0.2, 0.25) is 0 Å². The quantitative estimate of drug-likeness (QED) is 0.886. The second-order valence-electron chi connectivity index (χ2n) is 5.03. The Labute approximate surface area is 111 Å². The highest BCUT2D eigenvalue weighted by atomic mass is 19.1. The maximum Gasteiger partial charge on any atom is 0.150 e. The summed E-state index contributed by atoms with van der Waals surface area (Å²) in [7, 11) is 0. The van der Waals surface area contributed by atoms with E-state index in [1.54, 1.807) is 26.0 Å². The highest BCUT2D eigenvalue weighted by Crippen LogP contribution is 2.20. The van der Waals surface area contributed by atoms with Crippen molar-refractivity contribution >= 4 is 5.69 Å². The smallest absolute Gasteiger partial charge is 0.150 e. The zero-order valence-electron chi connectivity index (χ0n) is 11.1. The van der Waals surface area contributed by atoms with Crippen molar-refractivity contribution in [3.05, 3.63) is 36.7 Å². The molecule has 0 aliphatic heterocycles. The summed E-state index contributed by atoms with van der Waals surface area (Å²) in [5.74, 6) is -0.404. The van der Waals surface area contributed by atoms with Crippen LogP contribution in [-0.2, 0) is 0 Å². The number of aliphatic hydroxyl groups is 1. The van der Waals surface area contributed by atoms with Gasteiger partial charge in [-0.2, -0.15) is 5.10 Å². The van der Waals surface area contributed by atoms with Crippen LogP contribution in [0, 0.1) is 5.82 Å². The van der Waals surface area contributed by atoms with Crippen LogP contribution in [0.4, 0.5) is 10.1 Å². The van der Waals surface area contributed by atoms with Crippen molar-refractivity contribution < 1.29 is 9.50 Å². The molecule has 0 bridgehead atoms. The van der Waals surface area contributed by atoms with Crippen LogP contribution in [0.25, 0.3) is 5.69 Å². The van der Waals surface area contributed by atoms with Gasteiger partial charge < -0.3 is 10.4 Å². The summed E-state index contributed by atoms with van der Waals surface area (Å²) in [5.41, 5.74) is 0.0519. The minimum Gasteiger partial charge on any atom is -0.388 e. The molecule has 0 radical (unpaired) electrons. The van der Waals surface area contributed by atoms with Gasteiger partial charge in [0.05, 0.1) is 11.6 Å². The number of anilines is 1. The van der Waals surface area contributed by atoms with E-state index in [2.05, 4.69) is 15.4 Å². The summed E-state index contributed by atoms with van der Waals surface area (Å²) < 4.78 is 15.3. The first kappa shape index (κ1) is 13.5. The van der Waals surface area contributed by atoms with Gasteiger partial charge >= 0.3 is 0 Å². The molecule has 0 saturated carbocycles. The lowest BCUT2D eigenvalue weighted by atomic mass is 10.0. The molecule has 2 rings (SSSR count). The number of hydrogen-bond acceptors (Lipinski definition) is 4. The van der Waals surface area contributed by atoms with Gasteiger partial charge in [0, 0.05) is 5.69 Å². The molecule has 0 spiro atoms. The first-order valence-electron chi connectivity index (χ1n) is 6.01. The van der Waals surface area contributed by atoms with Gasteiger partial charge in [-0.15, -0.1) is 0 Å². The Morgan fingerprint density at radius 3 is 2.68 bits per heavy atom. The highest BCUT2D eigenvalue weighted by molar-refractivity contribution is 5.50. The Morgan fingerprint density at radius 2 is 2.16 bits per heavy atom. The van der Waals surface area contributed by atoms with Crippen molar-refractivity contribution in [2.24, 2.45) is 0 Å². The second-order valence-corrected chi connectivity index (χ2v) is 5.03. The standard InChI is InChI=1S/C13H17FN4O/c1-9(13(2,3)19)17-10-4-5-12(11(14)6-10)18-8-15-7-16-18/h4-9,17,19H,1-3H3. The van der Waals surface area contributed by atoms with E-state index in [1.165, 1.54) is 23.4 Å². The van der Waals surface area contributed by atoms with Crippen molar-refractivity contribution in [1.29, 1.82) is 0 Å². The summed E-state index contributed by atoms with van der Waals surface area (Å²) in [5, 5.41) is 16.8. The fraction of sp³-hybridized carbons (Fsp3) is 0.385. The van der Waals surface area contributed by atoms with Crippen molar-refractivity contribution in [2.45, 2.75) is 32.4 Å². The highest BCUT2D eigenvalue weighted by Gasteiger charge is 2.22. The third kappa shape index (κ3) is 3.08. The Hall–Kier alpha value is -1.95. The number of aromatic nitrogens is 3. The zero-order valence-corrected chi connectivity index (χ0v) is 11.1. The van der Waals surface area contributed by atoms with Crippen molar-refractivity contribution in [2.75, 3.05) is 5.32 Å². The predicted molar refractivity (Wildman–Crippen MR) is 70.7 cm³/mol. The normalized spacial score (nSPS) is 13.3. The third-order valence-corrected chi connectivity index (χ3v) is 3.06. The van der Waals surface area contributed by atoms with E-state index in [0.717, 1.165) is 0 Å². The predicted octanol–water partition coefficient (Wildman–Crippen LogP) is 1.98. The largest absolute Gasteiger partial charge is 0.388 e. The maximum atomic E-state index is 14.0. The molecule has 0 amide bonds. The lowest BCUT2D eigenvalue weighted by molar-refractivity contribution is 0.0649. The fourth-order valence-corrected chi connectivity index (χ4v) is 1.54. The lowest BCUT2D eigenvalue weighted by Gasteiger charge is -2.27. The molecule has 1 atom stereocenters. The average molecular weight is 264 g/mol. The molecular formula is C13H17FN4O. The van der Waals surface area contributed by atoms with E-state index in [4.69, 9.17) is 0 Å². The van der Waals surface area contributed by atoms with Crippen LogP contribution in [0.2, 0.25) is 0 Å². The van der Waals surface area contributed by atoms with E-state index in [0.29, 0.717) is 11.4 Å². The molecule has 102 valence electrons. The van der Waals surface area contributed by atoms with Crippen LogP contribution in [0.1, 0.15) is 20.8 Å². The van der Waals surface area contributed by atoms with Crippen LogP contribution < -0.4 is 5.32 Å². The monoisotopic (exact) mass is 264 g/mol. The number of nitrogens with one attached hydrogen (secondary N) is 1. The van der Waals surface area contributed by atoms with Crippen molar-refractivity contribution in [3.8, 4) is 5.69 Å². The molecular weight excluding hydrogens is 247 g/mol. The van der Waals surface area contributed by atoms with Crippen molar-refractivity contribution in [3.63, 3.8) is 0 Å². The molecule has 1 unspecified atom stereocenters. The average Bonchev–Trinajstić information content (AvgIpc) is 2.81. The van der Waals surface area contributed by atoms with E-state index in [-0.39, 0.29) is 6.04 Å². The molecule has 0 aliphatic rings. The lowest BCUT2D eigenvalue weighted by Crippen LogP contribution is -2.39. The van der Waals surface area contributed by atoms with Gasteiger partial charge in [-0.1, -0.05) is 0 Å². The summed E-state index contributed by atoms with van der Waals surface area (Å²) in [6.07, 6.45) is 2.78. The number of halogens is 1. The maximum absolute atomic E-state index is 14.0. The zero-order chi connectivity index (χ0) is 14.0. The van der Waals surface area contributed by atoms with Gasteiger partial charge in [0.1, 0.15) is 18.3 Å². The Kier molecular flexibility index (Phi) is 3.53. The molecule has 1 heterocycles. The second kappa shape index (κ2) is 4.97.